The number of hydrogen-bond donors (Lipinski definition) is 1. The van der Waals surface area contributed by atoms with Gasteiger partial charge in [-0.2, -0.15) is 11.3 Å². The second-order valence-electron chi connectivity index (χ2n) is 4.51. The number of thiophene rings is 1. The lowest BCUT2D eigenvalue weighted by Crippen LogP contribution is -2.26. The van der Waals surface area contributed by atoms with Crippen LogP contribution in [0.5, 0.6) is 0 Å². The Balaban J connectivity index is 1.81. The molecule has 1 aliphatic rings. The Morgan fingerprint density at radius 2 is 2.36 bits per heavy atom. The van der Waals surface area contributed by atoms with Crippen molar-refractivity contribution in [2.75, 3.05) is 6.54 Å². The monoisotopic (exact) mass is 209 g/mol. The molecule has 1 N–H and O–H groups in total. The maximum Gasteiger partial charge on any atom is 0.0300 e. The van der Waals surface area contributed by atoms with Gasteiger partial charge in [0.1, 0.15) is 0 Å². The maximum absolute atomic E-state index is 3.65. The molecular formula is C12H19NS. The van der Waals surface area contributed by atoms with Crippen molar-refractivity contribution < 1.29 is 0 Å². The molecule has 0 aliphatic heterocycles. The second-order valence-corrected chi connectivity index (χ2v) is 5.29. The van der Waals surface area contributed by atoms with E-state index < -0.39 is 0 Å². The summed E-state index contributed by atoms with van der Waals surface area (Å²) in [7, 11) is 0. The summed E-state index contributed by atoms with van der Waals surface area (Å²) in [6.45, 7) is 5.76. The van der Waals surface area contributed by atoms with Gasteiger partial charge >= 0.3 is 0 Å². The second kappa shape index (κ2) is 4.03. The van der Waals surface area contributed by atoms with Gasteiger partial charge in [0, 0.05) is 12.6 Å². The van der Waals surface area contributed by atoms with Crippen molar-refractivity contribution in [2.45, 2.75) is 39.2 Å². The van der Waals surface area contributed by atoms with Gasteiger partial charge in [0.15, 0.2) is 0 Å². The first-order valence-corrected chi connectivity index (χ1v) is 6.45. The summed E-state index contributed by atoms with van der Waals surface area (Å²) >= 11 is 1.78. The van der Waals surface area contributed by atoms with Crippen molar-refractivity contribution in [1.82, 2.24) is 5.32 Å². The highest BCUT2D eigenvalue weighted by atomic mass is 32.1. The SMILES string of the molecule is CCC1(CNC(C)c2ccsc2)CC1. The topological polar surface area (TPSA) is 12.0 Å². The number of hydrogen-bond acceptors (Lipinski definition) is 2. The normalized spacial score (nSPS) is 20.7. The highest BCUT2D eigenvalue weighted by Crippen LogP contribution is 2.48. The summed E-state index contributed by atoms with van der Waals surface area (Å²) in [6, 6.07) is 2.73. The molecule has 0 aromatic carbocycles. The van der Waals surface area contributed by atoms with E-state index in [0.29, 0.717) is 11.5 Å². The number of rotatable bonds is 5. The molecule has 0 bridgehead atoms. The molecule has 14 heavy (non-hydrogen) atoms. The fourth-order valence-corrected chi connectivity index (χ4v) is 2.60. The van der Waals surface area contributed by atoms with Gasteiger partial charge in [0.2, 0.25) is 0 Å². The molecule has 1 saturated carbocycles. The Hall–Kier alpha value is -0.340. The van der Waals surface area contributed by atoms with Crippen molar-refractivity contribution in [2.24, 2.45) is 5.41 Å². The van der Waals surface area contributed by atoms with Crippen molar-refractivity contribution in [3.8, 4) is 0 Å². The predicted molar refractivity (Wildman–Crippen MR) is 62.7 cm³/mol. The smallest absolute Gasteiger partial charge is 0.0300 e. The highest BCUT2D eigenvalue weighted by Gasteiger charge is 2.40. The van der Waals surface area contributed by atoms with Crippen LogP contribution in [0.25, 0.3) is 0 Å². The molecule has 1 atom stereocenters. The minimum atomic E-state index is 0.519. The first kappa shape index (κ1) is 10.2. The predicted octanol–water partition coefficient (Wildman–Crippen LogP) is 3.59. The Morgan fingerprint density at radius 3 is 2.86 bits per heavy atom. The molecule has 1 aromatic heterocycles. The summed E-state index contributed by atoms with van der Waals surface area (Å²) in [4.78, 5) is 0. The highest BCUT2D eigenvalue weighted by molar-refractivity contribution is 7.07. The Labute approximate surface area is 90.5 Å². The third-order valence-electron chi connectivity index (χ3n) is 3.53. The van der Waals surface area contributed by atoms with E-state index in [1.54, 1.807) is 11.3 Å². The van der Waals surface area contributed by atoms with Gasteiger partial charge in [-0.25, -0.2) is 0 Å². The van der Waals surface area contributed by atoms with Crippen LogP contribution >= 0.6 is 11.3 Å². The van der Waals surface area contributed by atoms with Crippen LogP contribution in [0.2, 0.25) is 0 Å². The largest absolute Gasteiger partial charge is 0.310 e. The molecule has 1 aliphatic carbocycles. The Kier molecular flexibility index (Phi) is 2.93. The Morgan fingerprint density at radius 1 is 1.57 bits per heavy atom. The van der Waals surface area contributed by atoms with Crippen LogP contribution in [0.4, 0.5) is 0 Å². The van der Waals surface area contributed by atoms with Crippen LogP contribution in [0.1, 0.15) is 44.7 Å². The molecule has 1 aromatic rings. The lowest BCUT2D eigenvalue weighted by Gasteiger charge is -2.18. The third-order valence-corrected chi connectivity index (χ3v) is 4.24. The van der Waals surface area contributed by atoms with Crippen LogP contribution in [0.3, 0.4) is 0 Å². The van der Waals surface area contributed by atoms with Gasteiger partial charge in [-0.1, -0.05) is 6.92 Å². The molecule has 1 unspecified atom stereocenters. The van der Waals surface area contributed by atoms with Gasteiger partial charge in [0.05, 0.1) is 0 Å². The quantitative estimate of drug-likeness (QED) is 0.781. The average Bonchev–Trinajstić information content (AvgIpc) is 2.78. The Bertz CT molecular complexity index is 275. The third kappa shape index (κ3) is 2.18. The maximum atomic E-state index is 3.65. The van der Waals surface area contributed by atoms with Crippen LogP contribution in [-0.4, -0.2) is 6.54 Å². The van der Waals surface area contributed by atoms with E-state index in [4.69, 9.17) is 0 Å². The minimum Gasteiger partial charge on any atom is -0.310 e. The molecule has 78 valence electrons. The van der Waals surface area contributed by atoms with Crippen molar-refractivity contribution >= 4 is 11.3 Å². The summed E-state index contributed by atoms with van der Waals surface area (Å²) in [5.74, 6) is 0. The van der Waals surface area contributed by atoms with E-state index >= 15 is 0 Å². The fraction of sp³-hybridized carbons (Fsp3) is 0.667. The van der Waals surface area contributed by atoms with Crippen molar-refractivity contribution in [3.05, 3.63) is 22.4 Å². The summed E-state index contributed by atoms with van der Waals surface area (Å²) in [6.07, 6.45) is 4.18. The average molecular weight is 209 g/mol. The van der Waals surface area contributed by atoms with Gasteiger partial charge in [-0.05, 0) is 54.0 Å². The van der Waals surface area contributed by atoms with E-state index in [9.17, 15) is 0 Å². The zero-order valence-electron chi connectivity index (χ0n) is 9.05. The standard InChI is InChI=1S/C12H19NS/c1-3-12(5-6-12)9-13-10(2)11-4-7-14-8-11/h4,7-8,10,13H,3,5-6,9H2,1-2H3. The summed E-state index contributed by atoms with van der Waals surface area (Å²) in [5.41, 5.74) is 2.09. The lowest BCUT2D eigenvalue weighted by atomic mass is 10.0. The summed E-state index contributed by atoms with van der Waals surface area (Å²) < 4.78 is 0. The first-order valence-electron chi connectivity index (χ1n) is 5.51. The molecule has 0 spiro atoms. The van der Waals surface area contributed by atoms with E-state index in [1.165, 1.54) is 31.4 Å². The minimum absolute atomic E-state index is 0.519. The molecule has 1 nitrogen and oxygen atoms in total. The molecule has 1 heterocycles. The summed E-state index contributed by atoms with van der Waals surface area (Å²) in [5, 5.41) is 8.04. The van der Waals surface area contributed by atoms with E-state index in [0.717, 1.165) is 0 Å². The molecule has 0 radical (unpaired) electrons. The van der Waals surface area contributed by atoms with Crippen LogP contribution in [0, 0.1) is 5.41 Å². The zero-order chi connectivity index (χ0) is 10.0. The van der Waals surface area contributed by atoms with Crippen molar-refractivity contribution in [3.63, 3.8) is 0 Å². The first-order chi connectivity index (χ1) is 6.76. The van der Waals surface area contributed by atoms with Gasteiger partial charge in [-0.15, -0.1) is 0 Å². The van der Waals surface area contributed by atoms with E-state index in [-0.39, 0.29) is 0 Å². The van der Waals surface area contributed by atoms with Gasteiger partial charge in [0.25, 0.3) is 0 Å². The molecule has 2 rings (SSSR count). The van der Waals surface area contributed by atoms with Crippen LogP contribution in [0.15, 0.2) is 16.8 Å². The molecule has 0 amide bonds. The van der Waals surface area contributed by atoms with Crippen molar-refractivity contribution in [1.29, 1.82) is 0 Å². The van der Waals surface area contributed by atoms with Crippen LogP contribution < -0.4 is 5.32 Å². The van der Waals surface area contributed by atoms with Crippen LogP contribution in [-0.2, 0) is 0 Å². The molecule has 1 fully saturated rings. The van der Waals surface area contributed by atoms with Gasteiger partial charge in [-0.3, -0.25) is 0 Å². The molecule has 2 heteroatoms. The zero-order valence-corrected chi connectivity index (χ0v) is 9.86. The number of nitrogens with one attached hydrogen (secondary N) is 1. The fourth-order valence-electron chi connectivity index (χ4n) is 1.84. The van der Waals surface area contributed by atoms with E-state index in [2.05, 4.69) is 36.0 Å². The van der Waals surface area contributed by atoms with Gasteiger partial charge < -0.3 is 5.32 Å². The van der Waals surface area contributed by atoms with E-state index in [1.807, 2.05) is 0 Å². The molecule has 0 saturated heterocycles. The lowest BCUT2D eigenvalue weighted by molar-refractivity contribution is 0.415. The molecular weight excluding hydrogens is 190 g/mol.